The van der Waals surface area contributed by atoms with Crippen molar-refractivity contribution in [3.63, 3.8) is 0 Å². The van der Waals surface area contributed by atoms with Crippen LogP contribution in [0.1, 0.15) is 90.4 Å². The van der Waals surface area contributed by atoms with E-state index >= 15 is 0 Å². The molecule has 0 radical (unpaired) electrons. The Hall–Kier alpha value is -0.0800. The molecule has 2 atom stereocenters. The van der Waals surface area contributed by atoms with Crippen molar-refractivity contribution in [3.05, 3.63) is 0 Å². The van der Waals surface area contributed by atoms with E-state index in [1.54, 1.807) is 0 Å². The fourth-order valence-corrected chi connectivity index (χ4v) is 3.81. The van der Waals surface area contributed by atoms with Gasteiger partial charge in [0.25, 0.3) is 0 Å². The Kier molecular flexibility index (Phi) is 7.97. The maximum absolute atomic E-state index is 5.83. The zero-order valence-corrected chi connectivity index (χ0v) is 13.5. The first kappa shape index (κ1) is 16.3. The van der Waals surface area contributed by atoms with Gasteiger partial charge in [-0.1, -0.05) is 57.8 Å². The number of ether oxygens (including phenoxy) is 1. The summed E-state index contributed by atoms with van der Waals surface area (Å²) in [6.07, 6.45) is 18.7. The van der Waals surface area contributed by atoms with Gasteiger partial charge in [0, 0.05) is 18.7 Å². The molecule has 2 aliphatic rings. The fraction of sp³-hybridized carbons (Fsp3) is 1.00. The molecule has 0 aromatic rings. The molecule has 2 heteroatoms. The quantitative estimate of drug-likeness (QED) is 0.801. The fourth-order valence-electron chi connectivity index (χ4n) is 3.81. The van der Waals surface area contributed by atoms with Crippen LogP contribution in [0.15, 0.2) is 0 Å². The summed E-state index contributed by atoms with van der Waals surface area (Å²) in [6, 6.07) is 1.27. The summed E-state index contributed by atoms with van der Waals surface area (Å²) in [5.74, 6) is 0. The zero-order valence-electron chi connectivity index (χ0n) is 13.5. The summed E-state index contributed by atoms with van der Waals surface area (Å²) >= 11 is 0. The lowest BCUT2D eigenvalue weighted by Crippen LogP contribution is -2.43. The van der Waals surface area contributed by atoms with Gasteiger partial charge in [-0.05, 0) is 32.6 Å². The minimum absolute atomic E-state index is 0.469. The van der Waals surface area contributed by atoms with Gasteiger partial charge in [0.15, 0.2) is 0 Å². The minimum atomic E-state index is 0.469. The largest absolute Gasteiger partial charge is 0.377 e. The smallest absolute Gasteiger partial charge is 0.0726 e. The predicted molar refractivity (Wildman–Crippen MR) is 86.1 cm³/mol. The van der Waals surface area contributed by atoms with Crippen LogP contribution in [0.5, 0.6) is 0 Å². The Morgan fingerprint density at radius 3 is 1.80 bits per heavy atom. The molecule has 1 N–H and O–H groups in total. The van der Waals surface area contributed by atoms with Crippen molar-refractivity contribution in [1.82, 2.24) is 5.32 Å². The van der Waals surface area contributed by atoms with Crippen LogP contribution in [0.2, 0.25) is 0 Å². The highest BCUT2D eigenvalue weighted by Gasteiger charge is 2.24. The van der Waals surface area contributed by atoms with Crippen molar-refractivity contribution in [2.24, 2.45) is 0 Å². The van der Waals surface area contributed by atoms with E-state index in [0.29, 0.717) is 12.1 Å². The molecule has 0 amide bonds. The Bertz CT molecular complexity index is 226. The van der Waals surface area contributed by atoms with Gasteiger partial charge in [0.05, 0.1) is 6.10 Å². The molecule has 0 bridgehead atoms. The van der Waals surface area contributed by atoms with Crippen LogP contribution in [-0.4, -0.2) is 24.8 Å². The van der Waals surface area contributed by atoms with E-state index in [1.165, 1.54) is 83.5 Å². The first-order chi connectivity index (χ1) is 9.86. The Balaban J connectivity index is 1.73. The van der Waals surface area contributed by atoms with Crippen molar-refractivity contribution in [2.45, 2.75) is 109 Å². The van der Waals surface area contributed by atoms with Crippen molar-refractivity contribution >= 4 is 0 Å². The lowest BCUT2D eigenvalue weighted by molar-refractivity contribution is 0.0784. The summed E-state index contributed by atoms with van der Waals surface area (Å²) in [5, 5.41) is 3.89. The second kappa shape index (κ2) is 9.78. The van der Waals surface area contributed by atoms with E-state index in [0.717, 1.165) is 12.6 Å². The van der Waals surface area contributed by atoms with E-state index in [4.69, 9.17) is 4.74 Å². The average molecular weight is 281 g/mol. The van der Waals surface area contributed by atoms with Crippen LogP contribution in [-0.2, 0) is 4.74 Å². The number of nitrogens with one attached hydrogen (secondary N) is 1. The van der Waals surface area contributed by atoms with Crippen molar-refractivity contribution in [2.75, 3.05) is 6.61 Å². The summed E-state index contributed by atoms with van der Waals surface area (Å²) in [6.45, 7) is 3.30. The van der Waals surface area contributed by atoms with Crippen molar-refractivity contribution in [3.8, 4) is 0 Å². The van der Waals surface area contributed by atoms with Gasteiger partial charge in [0.2, 0.25) is 0 Å². The van der Waals surface area contributed by atoms with Gasteiger partial charge in [-0.15, -0.1) is 0 Å². The molecule has 0 aromatic heterocycles. The third-order valence-corrected chi connectivity index (χ3v) is 5.13. The third kappa shape index (κ3) is 6.13. The summed E-state index contributed by atoms with van der Waals surface area (Å²) in [7, 11) is 0. The molecule has 2 unspecified atom stereocenters. The molecule has 0 spiro atoms. The van der Waals surface area contributed by atoms with E-state index in [9.17, 15) is 0 Å². The Morgan fingerprint density at radius 1 is 0.750 bits per heavy atom. The van der Waals surface area contributed by atoms with Gasteiger partial charge >= 0.3 is 0 Å². The third-order valence-electron chi connectivity index (χ3n) is 5.13. The predicted octanol–water partition coefficient (Wildman–Crippen LogP) is 4.82. The Labute approximate surface area is 126 Å². The highest BCUT2D eigenvalue weighted by atomic mass is 16.5. The maximum atomic E-state index is 5.83. The molecule has 2 rings (SSSR count). The van der Waals surface area contributed by atoms with Gasteiger partial charge in [-0.25, -0.2) is 0 Å². The standard InChI is InChI=1S/C18H35NO/c1-16(18-14-11-15-20-18)19-17-12-9-7-5-3-2-4-6-8-10-13-17/h16-19H,2-15H2,1H3. The first-order valence-corrected chi connectivity index (χ1v) is 9.24. The minimum Gasteiger partial charge on any atom is -0.377 e. The van der Waals surface area contributed by atoms with Crippen LogP contribution in [0.4, 0.5) is 0 Å². The van der Waals surface area contributed by atoms with Crippen LogP contribution in [0.3, 0.4) is 0 Å². The van der Waals surface area contributed by atoms with Crippen LogP contribution in [0, 0.1) is 0 Å². The molecule has 1 saturated carbocycles. The summed E-state index contributed by atoms with van der Waals surface area (Å²) in [4.78, 5) is 0. The molecule has 20 heavy (non-hydrogen) atoms. The molecule has 1 saturated heterocycles. The van der Waals surface area contributed by atoms with Crippen LogP contribution >= 0.6 is 0 Å². The molecule has 1 aliphatic carbocycles. The van der Waals surface area contributed by atoms with Crippen LogP contribution in [0.25, 0.3) is 0 Å². The molecule has 1 aliphatic heterocycles. The normalized spacial score (nSPS) is 29.6. The van der Waals surface area contributed by atoms with Gasteiger partial charge < -0.3 is 10.1 Å². The topological polar surface area (TPSA) is 21.3 Å². The number of hydrogen-bond donors (Lipinski definition) is 1. The van der Waals surface area contributed by atoms with Crippen molar-refractivity contribution < 1.29 is 4.74 Å². The monoisotopic (exact) mass is 281 g/mol. The van der Waals surface area contributed by atoms with Gasteiger partial charge in [-0.3, -0.25) is 0 Å². The number of rotatable bonds is 3. The average Bonchev–Trinajstić information content (AvgIpc) is 2.96. The molecule has 0 aromatic carbocycles. The molecule has 2 nitrogen and oxygen atoms in total. The maximum Gasteiger partial charge on any atom is 0.0726 e. The van der Waals surface area contributed by atoms with E-state index in [-0.39, 0.29) is 0 Å². The van der Waals surface area contributed by atoms with E-state index in [2.05, 4.69) is 12.2 Å². The molecule has 2 fully saturated rings. The molecular formula is C18H35NO. The molecular weight excluding hydrogens is 246 g/mol. The highest BCUT2D eigenvalue weighted by molar-refractivity contribution is 4.80. The molecule has 118 valence electrons. The highest BCUT2D eigenvalue weighted by Crippen LogP contribution is 2.20. The van der Waals surface area contributed by atoms with Gasteiger partial charge in [0.1, 0.15) is 0 Å². The zero-order chi connectivity index (χ0) is 14.0. The SMILES string of the molecule is CC(NC1CCCCCCCCCCC1)C1CCCO1. The van der Waals surface area contributed by atoms with Gasteiger partial charge in [-0.2, -0.15) is 0 Å². The molecule has 1 heterocycles. The summed E-state index contributed by atoms with van der Waals surface area (Å²) in [5.41, 5.74) is 0. The first-order valence-electron chi connectivity index (χ1n) is 9.24. The second-order valence-corrected chi connectivity index (χ2v) is 6.96. The summed E-state index contributed by atoms with van der Waals surface area (Å²) < 4.78 is 5.83. The lowest BCUT2D eigenvalue weighted by Gasteiger charge is -2.27. The number of hydrogen-bond acceptors (Lipinski definition) is 2. The Morgan fingerprint density at radius 2 is 1.30 bits per heavy atom. The van der Waals surface area contributed by atoms with E-state index < -0.39 is 0 Å². The van der Waals surface area contributed by atoms with Crippen LogP contribution < -0.4 is 5.32 Å². The lowest BCUT2D eigenvalue weighted by atomic mass is 9.97. The second-order valence-electron chi connectivity index (χ2n) is 6.96. The van der Waals surface area contributed by atoms with Crippen molar-refractivity contribution in [1.29, 1.82) is 0 Å². The van der Waals surface area contributed by atoms with E-state index in [1.807, 2.05) is 0 Å².